The average molecular weight is 439 g/mol. The molecule has 2 N–H and O–H groups in total. The molecular formula is C19H22FN3O6S. The zero-order valence-corrected chi connectivity index (χ0v) is 17.0. The Morgan fingerprint density at radius 2 is 1.80 bits per heavy atom. The Morgan fingerprint density at radius 1 is 1.20 bits per heavy atom. The number of benzene rings is 2. The van der Waals surface area contributed by atoms with E-state index in [4.69, 9.17) is 0 Å². The molecular weight excluding hydrogens is 417 g/mol. The predicted octanol–water partition coefficient (Wildman–Crippen LogP) is 1.98. The molecule has 0 aliphatic heterocycles. The molecule has 0 aliphatic carbocycles. The number of nitrogens with one attached hydrogen (secondary N) is 1. The number of non-ortho nitro benzene ring substituents is 1. The molecule has 162 valence electrons. The molecule has 0 fully saturated rings. The van der Waals surface area contributed by atoms with E-state index in [1.54, 1.807) is 0 Å². The number of sulfonamides is 1. The Morgan fingerprint density at radius 3 is 2.37 bits per heavy atom. The lowest BCUT2D eigenvalue weighted by atomic mass is 10.1. The van der Waals surface area contributed by atoms with Crippen LogP contribution in [0.25, 0.3) is 0 Å². The second kappa shape index (κ2) is 10.2. The fourth-order valence-electron chi connectivity index (χ4n) is 2.60. The van der Waals surface area contributed by atoms with Gasteiger partial charge in [-0.15, -0.1) is 0 Å². The van der Waals surface area contributed by atoms with E-state index >= 15 is 0 Å². The van der Waals surface area contributed by atoms with Crippen LogP contribution in [0.2, 0.25) is 0 Å². The molecule has 1 amide bonds. The van der Waals surface area contributed by atoms with Gasteiger partial charge in [0.15, 0.2) is 0 Å². The minimum atomic E-state index is -3.78. The number of aliphatic hydroxyl groups is 1. The van der Waals surface area contributed by atoms with Crippen molar-refractivity contribution < 1.29 is 27.6 Å². The largest absolute Gasteiger partial charge is 0.387 e. The van der Waals surface area contributed by atoms with Crippen LogP contribution >= 0.6 is 0 Å². The molecule has 1 unspecified atom stereocenters. The number of carbonyl (C=O) groups is 1. The number of nitrogens with zero attached hydrogens (tertiary/aromatic N) is 2. The smallest absolute Gasteiger partial charge is 0.269 e. The Balaban J connectivity index is 1.77. The van der Waals surface area contributed by atoms with Crippen molar-refractivity contribution in [1.82, 2.24) is 9.62 Å². The average Bonchev–Trinajstić information content (AvgIpc) is 2.72. The van der Waals surface area contributed by atoms with Crippen molar-refractivity contribution in [2.24, 2.45) is 0 Å². The van der Waals surface area contributed by atoms with Gasteiger partial charge in [0, 0.05) is 38.7 Å². The fraction of sp³-hybridized carbons (Fsp3) is 0.316. The fourth-order valence-corrected chi connectivity index (χ4v) is 3.81. The molecule has 0 saturated carbocycles. The highest BCUT2D eigenvalue weighted by Gasteiger charge is 2.20. The van der Waals surface area contributed by atoms with Gasteiger partial charge in [0.1, 0.15) is 5.82 Å². The van der Waals surface area contributed by atoms with Crippen LogP contribution in [0.1, 0.15) is 24.5 Å². The maximum absolute atomic E-state index is 13.0. The Kier molecular flexibility index (Phi) is 7.98. The van der Waals surface area contributed by atoms with Gasteiger partial charge in [-0.05, 0) is 48.4 Å². The van der Waals surface area contributed by atoms with Crippen molar-refractivity contribution in [2.75, 3.05) is 20.1 Å². The molecule has 2 aromatic rings. The minimum Gasteiger partial charge on any atom is -0.387 e. The van der Waals surface area contributed by atoms with Crippen LogP contribution in [-0.4, -0.2) is 48.8 Å². The summed E-state index contributed by atoms with van der Waals surface area (Å²) in [6, 6.07) is 9.81. The monoisotopic (exact) mass is 439 g/mol. The van der Waals surface area contributed by atoms with Crippen LogP contribution in [0, 0.1) is 15.9 Å². The van der Waals surface area contributed by atoms with Gasteiger partial charge in [-0.3, -0.25) is 14.9 Å². The number of nitro groups is 1. The van der Waals surface area contributed by atoms with Crippen LogP contribution in [-0.2, 0) is 14.8 Å². The second-order valence-electron chi connectivity index (χ2n) is 6.55. The standard InChI is InChI=1S/C19H22FN3O6S/c1-22(30(28,29)17-10-6-15(20)7-11-17)12-2-3-19(25)21-13-18(24)14-4-8-16(9-5-14)23(26)27/h4-11,18,24H,2-3,12-13H2,1H3,(H,21,25). The van der Waals surface area contributed by atoms with Gasteiger partial charge in [0.05, 0.1) is 15.9 Å². The summed E-state index contributed by atoms with van der Waals surface area (Å²) in [5.74, 6) is -0.910. The first kappa shape index (κ1) is 23.4. The lowest BCUT2D eigenvalue weighted by molar-refractivity contribution is -0.384. The van der Waals surface area contributed by atoms with Crippen molar-refractivity contribution >= 4 is 21.6 Å². The van der Waals surface area contributed by atoms with E-state index in [0.29, 0.717) is 5.56 Å². The van der Waals surface area contributed by atoms with Crippen molar-refractivity contribution in [2.45, 2.75) is 23.8 Å². The summed E-state index contributed by atoms with van der Waals surface area (Å²) >= 11 is 0. The number of hydrogen-bond acceptors (Lipinski definition) is 6. The van der Waals surface area contributed by atoms with E-state index in [1.807, 2.05) is 0 Å². The molecule has 2 aromatic carbocycles. The summed E-state index contributed by atoms with van der Waals surface area (Å²) < 4.78 is 38.8. The lowest BCUT2D eigenvalue weighted by Crippen LogP contribution is -2.31. The highest BCUT2D eigenvalue weighted by molar-refractivity contribution is 7.89. The van der Waals surface area contributed by atoms with Crippen LogP contribution in [0.4, 0.5) is 10.1 Å². The van der Waals surface area contributed by atoms with Gasteiger partial charge >= 0.3 is 0 Å². The molecule has 2 rings (SSSR count). The third-order valence-electron chi connectivity index (χ3n) is 4.38. The molecule has 9 nitrogen and oxygen atoms in total. The highest BCUT2D eigenvalue weighted by atomic mass is 32.2. The van der Waals surface area contributed by atoms with E-state index in [2.05, 4.69) is 5.32 Å². The van der Waals surface area contributed by atoms with E-state index in [-0.39, 0.29) is 42.4 Å². The molecule has 30 heavy (non-hydrogen) atoms. The van der Waals surface area contributed by atoms with Crippen molar-refractivity contribution in [3.05, 3.63) is 70.0 Å². The van der Waals surface area contributed by atoms with E-state index in [0.717, 1.165) is 16.4 Å². The van der Waals surface area contributed by atoms with Crippen LogP contribution in [0.5, 0.6) is 0 Å². The maximum Gasteiger partial charge on any atom is 0.269 e. The Hall–Kier alpha value is -2.89. The number of hydrogen-bond donors (Lipinski definition) is 2. The SMILES string of the molecule is CN(CCCC(=O)NCC(O)c1ccc([N+](=O)[O-])cc1)S(=O)(=O)c1ccc(F)cc1. The van der Waals surface area contributed by atoms with Crippen LogP contribution in [0.15, 0.2) is 53.4 Å². The minimum absolute atomic E-state index is 0.0380. The Labute approximate surface area is 173 Å². The zero-order valence-electron chi connectivity index (χ0n) is 16.2. The molecule has 0 aliphatic rings. The normalized spacial score (nSPS) is 12.5. The summed E-state index contributed by atoms with van der Waals surface area (Å²) in [6.07, 6.45) is -0.747. The van der Waals surface area contributed by atoms with Gasteiger partial charge in [-0.1, -0.05) is 0 Å². The maximum atomic E-state index is 13.0. The third-order valence-corrected chi connectivity index (χ3v) is 6.25. The molecule has 0 heterocycles. The molecule has 0 spiro atoms. The summed E-state index contributed by atoms with van der Waals surface area (Å²) in [5, 5.41) is 23.2. The van der Waals surface area contributed by atoms with Gasteiger partial charge < -0.3 is 10.4 Å². The number of aliphatic hydroxyl groups excluding tert-OH is 1. The highest BCUT2D eigenvalue weighted by Crippen LogP contribution is 2.18. The van der Waals surface area contributed by atoms with Crippen molar-refractivity contribution in [3.8, 4) is 0 Å². The second-order valence-corrected chi connectivity index (χ2v) is 8.60. The number of amides is 1. The first-order chi connectivity index (χ1) is 14.1. The topological polar surface area (TPSA) is 130 Å². The number of halogens is 1. The quantitative estimate of drug-likeness (QED) is 0.430. The summed E-state index contributed by atoms with van der Waals surface area (Å²) in [5.41, 5.74) is 0.320. The zero-order chi connectivity index (χ0) is 22.3. The predicted molar refractivity (Wildman–Crippen MR) is 107 cm³/mol. The lowest BCUT2D eigenvalue weighted by Gasteiger charge is -2.17. The van der Waals surface area contributed by atoms with Gasteiger partial charge in [0.2, 0.25) is 15.9 Å². The molecule has 0 saturated heterocycles. The number of rotatable bonds is 10. The van der Waals surface area contributed by atoms with Crippen LogP contribution < -0.4 is 5.32 Å². The van der Waals surface area contributed by atoms with Gasteiger partial charge in [-0.2, -0.15) is 0 Å². The molecule has 0 aromatic heterocycles. The number of carbonyl (C=O) groups excluding carboxylic acids is 1. The van der Waals surface area contributed by atoms with E-state index < -0.39 is 26.9 Å². The van der Waals surface area contributed by atoms with E-state index in [9.17, 15) is 32.8 Å². The van der Waals surface area contributed by atoms with E-state index in [1.165, 1.54) is 43.4 Å². The summed E-state index contributed by atoms with van der Waals surface area (Å²) in [4.78, 5) is 22.0. The molecule has 1 atom stereocenters. The van der Waals surface area contributed by atoms with Gasteiger partial charge in [0.25, 0.3) is 5.69 Å². The summed E-state index contributed by atoms with van der Waals surface area (Å²) in [7, 11) is -2.41. The summed E-state index contributed by atoms with van der Waals surface area (Å²) in [6.45, 7) is -0.00159. The van der Waals surface area contributed by atoms with Crippen LogP contribution in [0.3, 0.4) is 0 Å². The van der Waals surface area contributed by atoms with Crippen molar-refractivity contribution in [1.29, 1.82) is 0 Å². The van der Waals surface area contributed by atoms with Crippen molar-refractivity contribution in [3.63, 3.8) is 0 Å². The number of nitro benzene ring substituents is 1. The first-order valence-corrected chi connectivity index (χ1v) is 10.5. The van der Waals surface area contributed by atoms with Gasteiger partial charge in [-0.25, -0.2) is 17.1 Å². The molecule has 11 heteroatoms. The molecule has 0 bridgehead atoms. The Bertz CT molecular complexity index is 980. The first-order valence-electron chi connectivity index (χ1n) is 9.02. The third kappa shape index (κ3) is 6.31. The molecule has 0 radical (unpaired) electrons.